The summed E-state index contributed by atoms with van der Waals surface area (Å²) in [7, 11) is 0. The van der Waals surface area contributed by atoms with Crippen LogP contribution in [0.25, 0.3) is 22.6 Å². The lowest BCUT2D eigenvalue weighted by molar-refractivity contribution is -0.119. The van der Waals surface area contributed by atoms with Crippen LogP contribution in [0.5, 0.6) is 0 Å². The number of oxazole rings is 1. The number of benzene rings is 2. The summed E-state index contributed by atoms with van der Waals surface area (Å²) in [5, 5.41) is 2.71. The van der Waals surface area contributed by atoms with Gasteiger partial charge in [-0.1, -0.05) is 60.7 Å². The van der Waals surface area contributed by atoms with Crippen molar-refractivity contribution in [1.29, 1.82) is 0 Å². The van der Waals surface area contributed by atoms with Crippen molar-refractivity contribution < 1.29 is 9.21 Å². The van der Waals surface area contributed by atoms with Crippen LogP contribution in [0, 0.1) is 0 Å². The van der Waals surface area contributed by atoms with E-state index in [1.807, 2.05) is 60.7 Å². The molecule has 22 heavy (non-hydrogen) atoms. The van der Waals surface area contributed by atoms with Gasteiger partial charge in [-0.3, -0.25) is 4.79 Å². The topological polar surface area (TPSA) is 55.1 Å². The number of carbonyl (C=O) groups is 1. The molecule has 0 bridgehead atoms. The number of nitrogens with zero attached hydrogens (tertiary/aromatic N) is 1. The molecule has 0 saturated carbocycles. The van der Waals surface area contributed by atoms with Gasteiger partial charge in [-0.25, -0.2) is 4.98 Å². The van der Waals surface area contributed by atoms with E-state index < -0.39 is 0 Å². The molecular formula is C18H16N2O2. The minimum absolute atomic E-state index is 0.110. The molecule has 3 rings (SSSR count). The largest absolute Gasteiger partial charge is 0.438 e. The van der Waals surface area contributed by atoms with E-state index in [9.17, 15) is 4.79 Å². The van der Waals surface area contributed by atoms with Crippen molar-refractivity contribution in [3.63, 3.8) is 0 Å². The van der Waals surface area contributed by atoms with Gasteiger partial charge in [0.2, 0.25) is 11.8 Å². The van der Waals surface area contributed by atoms with E-state index in [-0.39, 0.29) is 12.5 Å². The first kappa shape index (κ1) is 14.1. The highest BCUT2D eigenvalue weighted by atomic mass is 16.4. The Bertz CT molecular complexity index is 707. The third kappa shape index (κ3) is 3.06. The fourth-order valence-electron chi connectivity index (χ4n) is 2.22. The van der Waals surface area contributed by atoms with Crippen LogP contribution in [-0.2, 0) is 11.3 Å². The van der Waals surface area contributed by atoms with Crippen LogP contribution in [0.1, 0.15) is 12.8 Å². The summed E-state index contributed by atoms with van der Waals surface area (Å²) in [6, 6.07) is 19.7. The Hall–Kier alpha value is -2.88. The number of hydrogen-bond acceptors (Lipinski definition) is 3. The third-order valence-corrected chi connectivity index (χ3v) is 3.24. The van der Waals surface area contributed by atoms with Gasteiger partial charge in [-0.2, -0.15) is 0 Å². The summed E-state index contributed by atoms with van der Waals surface area (Å²) >= 11 is 0. The molecule has 2 aromatic carbocycles. The number of carbonyl (C=O) groups excluding carboxylic acids is 1. The van der Waals surface area contributed by atoms with Crippen molar-refractivity contribution in [3.05, 3.63) is 66.6 Å². The number of rotatable bonds is 4. The van der Waals surface area contributed by atoms with Gasteiger partial charge in [0.1, 0.15) is 5.69 Å². The molecule has 1 aromatic heterocycles. The van der Waals surface area contributed by atoms with Crippen LogP contribution in [0.4, 0.5) is 0 Å². The fourth-order valence-corrected chi connectivity index (χ4v) is 2.22. The summed E-state index contributed by atoms with van der Waals surface area (Å²) < 4.78 is 5.88. The molecule has 0 spiro atoms. The van der Waals surface area contributed by atoms with Crippen molar-refractivity contribution in [3.8, 4) is 22.6 Å². The monoisotopic (exact) mass is 292 g/mol. The predicted octanol–water partition coefficient (Wildman–Crippen LogP) is 3.64. The molecule has 0 unspecified atom stereocenters. The molecule has 0 radical (unpaired) electrons. The predicted molar refractivity (Wildman–Crippen MR) is 84.9 cm³/mol. The molecule has 1 heterocycles. The highest BCUT2D eigenvalue weighted by molar-refractivity contribution is 5.77. The van der Waals surface area contributed by atoms with Gasteiger partial charge in [0.25, 0.3) is 0 Å². The Morgan fingerprint density at radius 2 is 1.59 bits per heavy atom. The first-order valence-corrected chi connectivity index (χ1v) is 7.09. The molecule has 3 aromatic rings. The Morgan fingerprint density at radius 3 is 2.18 bits per heavy atom. The molecule has 4 heteroatoms. The molecule has 0 aliphatic rings. The van der Waals surface area contributed by atoms with Crippen LogP contribution in [0.3, 0.4) is 0 Å². The van der Waals surface area contributed by atoms with Crippen molar-refractivity contribution in [2.45, 2.75) is 13.5 Å². The summed E-state index contributed by atoms with van der Waals surface area (Å²) in [5.41, 5.74) is 2.73. The standard InChI is InChI=1S/C18H16N2O2/c1-13(21)19-12-16-20-17(14-8-4-2-5-9-14)18(22-16)15-10-6-3-7-11-15/h2-11H,12H2,1H3,(H,19,21). The second kappa shape index (κ2) is 6.26. The lowest BCUT2D eigenvalue weighted by Crippen LogP contribution is -2.18. The Morgan fingerprint density at radius 1 is 1.00 bits per heavy atom. The van der Waals surface area contributed by atoms with Crippen molar-refractivity contribution in [2.75, 3.05) is 0 Å². The van der Waals surface area contributed by atoms with E-state index in [1.54, 1.807) is 0 Å². The maximum atomic E-state index is 11.1. The van der Waals surface area contributed by atoms with E-state index in [2.05, 4.69) is 10.3 Å². The van der Waals surface area contributed by atoms with Crippen LogP contribution in [0.2, 0.25) is 0 Å². The first-order chi connectivity index (χ1) is 10.7. The highest BCUT2D eigenvalue weighted by Crippen LogP contribution is 2.32. The minimum atomic E-state index is -0.110. The molecule has 0 atom stereocenters. The highest BCUT2D eigenvalue weighted by Gasteiger charge is 2.16. The van der Waals surface area contributed by atoms with E-state index in [1.165, 1.54) is 6.92 Å². The lowest BCUT2D eigenvalue weighted by Gasteiger charge is -2.00. The Labute approximate surface area is 128 Å². The Balaban J connectivity index is 2.04. The second-order valence-electron chi connectivity index (χ2n) is 4.93. The lowest BCUT2D eigenvalue weighted by atomic mass is 10.1. The molecule has 0 fully saturated rings. The molecule has 0 aliphatic carbocycles. The normalized spacial score (nSPS) is 10.4. The van der Waals surface area contributed by atoms with E-state index in [4.69, 9.17) is 4.42 Å². The summed E-state index contributed by atoms with van der Waals surface area (Å²) in [4.78, 5) is 15.6. The molecule has 0 aliphatic heterocycles. The van der Waals surface area contributed by atoms with Crippen molar-refractivity contribution in [1.82, 2.24) is 10.3 Å². The third-order valence-electron chi connectivity index (χ3n) is 3.24. The molecule has 110 valence electrons. The number of hydrogen-bond donors (Lipinski definition) is 1. The van der Waals surface area contributed by atoms with Crippen LogP contribution < -0.4 is 5.32 Å². The van der Waals surface area contributed by atoms with Gasteiger partial charge in [-0.05, 0) is 0 Å². The van der Waals surface area contributed by atoms with Gasteiger partial charge >= 0.3 is 0 Å². The van der Waals surface area contributed by atoms with Gasteiger partial charge < -0.3 is 9.73 Å². The SMILES string of the molecule is CC(=O)NCc1nc(-c2ccccc2)c(-c2ccccc2)o1. The minimum Gasteiger partial charge on any atom is -0.438 e. The molecule has 1 N–H and O–H groups in total. The number of nitrogens with one attached hydrogen (secondary N) is 1. The number of amides is 1. The maximum absolute atomic E-state index is 11.1. The van der Waals surface area contributed by atoms with E-state index >= 15 is 0 Å². The van der Waals surface area contributed by atoms with Crippen LogP contribution >= 0.6 is 0 Å². The molecular weight excluding hydrogens is 276 g/mol. The average Bonchev–Trinajstić information content (AvgIpc) is 2.99. The second-order valence-corrected chi connectivity index (χ2v) is 4.93. The zero-order valence-corrected chi connectivity index (χ0v) is 12.2. The van der Waals surface area contributed by atoms with E-state index in [0.29, 0.717) is 11.7 Å². The maximum Gasteiger partial charge on any atom is 0.217 e. The van der Waals surface area contributed by atoms with Gasteiger partial charge in [0.05, 0.1) is 6.54 Å². The van der Waals surface area contributed by atoms with Crippen LogP contribution in [-0.4, -0.2) is 10.9 Å². The zero-order valence-electron chi connectivity index (χ0n) is 12.2. The van der Waals surface area contributed by atoms with Gasteiger partial charge in [0, 0.05) is 18.1 Å². The Kier molecular flexibility index (Phi) is 4.01. The zero-order chi connectivity index (χ0) is 15.4. The van der Waals surface area contributed by atoms with Crippen LogP contribution in [0.15, 0.2) is 65.1 Å². The summed E-state index contributed by atoms with van der Waals surface area (Å²) in [5.74, 6) is 1.10. The molecule has 0 saturated heterocycles. The van der Waals surface area contributed by atoms with Gasteiger partial charge in [0.15, 0.2) is 5.76 Å². The first-order valence-electron chi connectivity index (χ1n) is 7.09. The smallest absolute Gasteiger partial charge is 0.217 e. The summed E-state index contributed by atoms with van der Waals surface area (Å²) in [6.07, 6.45) is 0. The van der Waals surface area contributed by atoms with Gasteiger partial charge in [-0.15, -0.1) is 0 Å². The quantitative estimate of drug-likeness (QED) is 0.798. The molecule has 1 amide bonds. The van der Waals surface area contributed by atoms with Crippen molar-refractivity contribution >= 4 is 5.91 Å². The number of aromatic nitrogens is 1. The summed E-state index contributed by atoms with van der Waals surface area (Å²) in [6.45, 7) is 1.75. The molecule has 4 nitrogen and oxygen atoms in total. The van der Waals surface area contributed by atoms with E-state index in [0.717, 1.165) is 16.8 Å². The average molecular weight is 292 g/mol. The van der Waals surface area contributed by atoms with Crippen molar-refractivity contribution in [2.24, 2.45) is 0 Å². The fraction of sp³-hybridized carbons (Fsp3) is 0.111.